The fourth-order valence-corrected chi connectivity index (χ4v) is 4.82. The normalized spacial score (nSPS) is 19.3. The van der Waals surface area contributed by atoms with E-state index in [4.69, 9.17) is 15.2 Å². The molecular formula is C25H26F2N4O3. The summed E-state index contributed by atoms with van der Waals surface area (Å²) in [7, 11) is 3.11. The number of aromatic nitrogens is 2. The summed E-state index contributed by atoms with van der Waals surface area (Å²) in [6.45, 7) is 2.07. The number of hydrogen-bond acceptors (Lipinski definition) is 5. The Morgan fingerprint density at radius 1 is 1.03 bits per heavy atom. The second-order valence-corrected chi connectivity index (χ2v) is 8.88. The molecule has 2 aromatic carbocycles. The Kier molecular flexibility index (Phi) is 5.51. The van der Waals surface area contributed by atoms with Crippen LogP contribution in [0.2, 0.25) is 0 Å². The van der Waals surface area contributed by atoms with Gasteiger partial charge in [-0.3, -0.25) is 9.13 Å². The third-order valence-electron chi connectivity index (χ3n) is 6.63. The maximum atomic E-state index is 14.7. The minimum atomic E-state index is -0.779. The number of benzene rings is 2. The molecule has 1 aliphatic carbocycles. The minimum Gasteiger partial charge on any atom is -0.493 e. The van der Waals surface area contributed by atoms with E-state index in [-0.39, 0.29) is 23.3 Å². The first kappa shape index (κ1) is 22.3. The van der Waals surface area contributed by atoms with Gasteiger partial charge in [-0.1, -0.05) is 0 Å². The second kappa shape index (κ2) is 8.39. The molecule has 1 fully saturated rings. The summed E-state index contributed by atoms with van der Waals surface area (Å²) in [6.07, 6.45) is 1.83. The summed E-state index contributed by atoms with van der Waals surface area (Å²) in [5.41, 5.74) is 8.32. The van der Waals surface area contributed by atoms with Crippen molar-refractivity contribution in [3.63, 3.8) is 0 Å². The summed E-state index contributed by atoms with van der Waals surface area (Å²) in [5, 5.41) is 0. The number of rotatable bonds is 4. The van der Waals surface area contributed by atoms with Crippen LogP contribution in [0.3, 0.4) is 0 Å². The van der Waals surface area contributed by atoms with Gasteiger partial charge < -0.3 is 15.2 Å². The van der Waals surface area contributed by atoms with Gasteiger partial charge in [-0.15, -0.1) is 0 Å². The molecule has 2 heterocycles. The second-order valence-electron chi connectivity index (χ2n) is 8.88. The summed E-state index contributed by atoms with van der Waals surface area (Å²) in [5.74, 6) is -0.434. The van der Waals surface area contributed by atoms with Crippen LogP contribution >= 0.6 is 0 Å². The van der Waals surface area contributed by atoms with Crippen LogP contribution in [-0.4, -0.2) is 29.4 Å². The molecule has 3 aromatic rings. The van der Waals surface area contributed by atoms with Crippen molar-refractivity contribution in [3.05, 3.63) is 69.1 Å². The molecule has 1 aromatic heterocycles. The molecule has 0 amide bonds. The van der Waals surface area contributed by atoms with Crippen LogP contribution in [-0.2, 0) is 13.0 Å². The molecule has 178 valence electrons. The van der Waals surface area contributed by atoms with Crippen LogP contribution in [0.4, 0.5) is 14.5 Å². The molecule has 0 unspecified atom stereocenters. The molecule has 0 saturated heterocycles. The molecule has 5 rings (SSSR count). The van der Waals surface area contributed by atoms with Gasteiger partial charge in [-0.25, -0.2) is 18.6 Å². The Hall–Kier alpha value is -3.46. The molecule has 2 N–H and O–H groups in total. The Morgan fingerprint density at radius 3 is 2.29 bits per heavy atom. The Balaban J connectivity index is 1.79. The van der Waals surface area contributed by atoms with Crippen LogP contribution < -0.4 is 26.4 Å². The van der Waals surface area contributed by atoms with E-state index < -0.39 is 17.3 Å². The van der Waals surface area contributed by atoms with Gasteiger partial charge in [0.15, 0.2) is 23.1 Å². The Morgan fingerprint density at radius 2 is 1.68 bits per heavy atom. The lowest BCUT2D eigenvalue weighted by Crippen LogP contribution is -2.50. The molecule has 0 bridgehead atoms. The molecule has 9 heteroatoms. The predicted molar refractivity (Wildman–Crippen MR) is 124 cm³/mol. The van der Waals surface area contributed by atoms with E-state index in [0.717, 1.165) is 11.1 Å². The minimum absolute atomic E-state index is 0.0175. The first-order valence-corrected chi connectivity index (χ1v) is 11.2. The predicted octanol–water partition coefficient (Wildman–Crippen LogP) is 3.37. The zero-order valence-corrected chi connectivity index (χ0v) is 19.3. The van der Waals surface area contributed by atoms with Gasteiger partial charge in [0.25, 0.3) is 0 Å². The highest BCUT2D eigenvalue weighted by molar-refractivity contribution is 5.70. The van der Waals surface area contributed by atoms with E-state index in [1.165, 1.54) is 16.7 Å². The number of fused-ring (bicyclic) bond motifs is 3. The van der Waals surface area contributed by atoms with Gasteiger partial charge in [-0.05, 0) is 61.6 Å². The molecule has 7 nitrogen and oxygen atoms in total. The fraction of sp³-hybridized carbons (Fsp3) is 0.360. The number of nitrogens with two attached hydrogens (primary N) is 1. The van der Waals surface area contributed by atoms with Gasteiger partial charge in [-0.2, -0.15) is 0 Å². The molecule has 0 radical (unpaired) electrons. The Labute approximate surface area is 195 Å². The summed E-state index contributed by atoms with van der Waals surface area (Å²) < 4.78 is 43.4. The van der Waals surface area contributed by atoms with E-state index in [0.29, 0.717) is 48.6 Å². The topological polar surface area (TPSA) is 83.8 Å². The smallest absolute Gasteiger partial charge is 0.330 e. The number of halogens is 2. The standard InChI is InChI=1S/C25H26F2N4O3/c1-13-6-18(26)24(19(27)7-13)29-23-12-20-17-11-22(34-3)21(33-2)8-14(17)4-5-30(20)25(32)31(23)16-9-15(28)10-16/h6-8,11-12,15-16H,4-5,9-10,28H2,1-3H3. The highest BCUT2D eigenvalue weighted by Crippen LogP contribution is 2.38. The van der Waals surface area contributed by atoms with Gasteiger partial charge >= 0.3 is 5.69 Å². The van der Waals surface area contributed by atoms with Gasteiger partial charge in [0.1, 0.15) is 11.2 Å². The highest BCUT2D eigenvalue weighted by atomic mass is 19.1. The first-order chi connectivity index (χ1) is 16.3. The van der Waals surface area contributed by atoms with Gasteiger partial charge in [0.2, 0.25) is 0 Å². The number of methoxy groups -OCH3 is 2. The largest absolute Gasteiger partial charge is 0.493 e. The highest BCUT2D eigenvalue weighted by Gasteiger charge is 2.31. The average Bonchev–Trinajstić information content (AvgIpc) is 2.78. The van der Waals surface area contributed by atoms with Gasteiger partial charge in [0, 0.05) is 30.3 Å². The molecule has 1 saturated carbocycles. The zero-order chi connectivity index (χ0) is 24.1. The average molecular weight is 469 g/mol. The Bertz CT molecular complexity index is 1400. The lowest BCUT2D eigenvalue weighted by molar-refractivity contribution is 0.247. The van der Waals surface area contributed by atoms with Crippen LogP contribution in [0.1, 0.15) is 30.0 Å². The number of ether oxygens (including phenoxy) is 2. The van der Waals surface area contributed by atoms with Crippen molar-refractivity contribution >= 4 is 5.69 Å². The maximum absolute atomic E-state index is 14.7. The van der Waals surface area contributed by atoms with Crippen LogP contribution in [0.15, 0.2) is 40.1 Å². The molecule has 2 aliphatic rings. The molecule has 0 spiro atoms. The third-order valence-corrected chi connectivity index (χ3v) is 6.63. The lowest BCUT2D eigenvalue weighted by atomic mass is 9.87. The number of hydrogen-bond donors (Lipinski definition) is 1. The zero-order valence-electron chi connectivity index (χ0n) is 19.3. The van der Waals surface area contributed by atoms with Crippen molar-refractivity contribution < 1.29 is 18.3 Å². The van der Waals surface area contributed by atoms with Crippen molar-refractivity contribution in [2.75, 3.05) is 14.2 Å². The van der Waals surface area contributed by atoms with Crippen molar-refractivity contribution in [1.29, 1.82) is 0 Å². The maximum Gasteiger partial charge on any atom is 0.330 e. The number of nitrogens with zero attached hydrogens (tertiary/aromatic N) is 3. The molecule has 1 aliphatic heterocycles. The van der Waals surface area contributed by atoms with Crippen molar-refractivity contribution in [2.24, 2.45) is 10.7 Å². The van der Waals surface area contributed by atoms with E-state index in [1.807, 2.05) is 12.1 Å². The quantitative estimate of drug-likeness (QED) is 0.637. The number of aryl methyl sites for hydroxylation is 2. The summed E-state index contributed by atoms with van der Waals surface area (Å²) in [6, 6.07) is 7.68. The molecule has 34 heavy (non-hydrogen) atoms. The van der Waals surface area contributed by atoms with Crippen LogP contribution in [0, 0.1) is 18.6 Å². The van der Waals surface area contributed by atoms with E-state index >= 15 is 0 Å². The van der Waals surface area contributed by atoms with Crippen molar-refractivity contribution in [3.8, 4) is 22.8 Å². The van der Waals surface area contributed by atoms with Crippen molar-refractivity contribution in [2.45, 2.75) is 44.8 Å². The monoisotopic (exact) mass is 468 g/mol. The fourth-order valence-electron chi connectivity index (χ4n) is 4.82. The first-order valence-electron chi connectivity index (χ1n) is 11.2. The van der Waals surface area contributed by atoms with E-state index in [2.05, 4.69) is 4.99 Å². The van der Waals surface area contributed by atoms with E-state index in [1.54, 1.807) is 31.8 Å². The van der Waals surface area contributed by atoms with E-state index in [9.17, 15) is 13.6 Å². The lowest BCUT2D eigenvalue weighted by Gasteiger charge is -2.35. The van der Waals surface area contributed by atoms with Crippen molar-refractivity contribution in [1.82, 2.24) is 9.13 Å². The SMILES string of the molecule is COc1cc2c(cc1OC)-c1cc(=Nc3c(F)cc(C)cc3F)n(C3CC(N)C3)c(=O)n1CC2. The molecular weight excluding hydrogens is 442 g/mol. The third kappa shape index (κ3) is 3.60. The van der Waals surface area contributed by atoms with Crippen LogP contribution in [0.5, 0.6) is 11.5 Å². The van der Waals surface area contributed by atoms with Gasteiger partial charge in [0.05, 0.1) is 19.9 Å². The summed E-state index contributed by atoms with van der Waals surface area (Å²) >= 11 is 0. The molecule has 0 atom stereocenters. The summed E-state index contributed by atoms with van der Waals surface area (Å²) in [4.78, 5) is 18.0. The van der Waals surface area contributed by atoms with Crippen LogP contribution in [0.25, 0.3) is 11.3 Å².